The standard InChI is InChI=1S/C27H40N6O3/c1-18(2)16-22-27(36)28-20(5)26-30-25(21-10-7-6-8-11-21)31-33(26)15-14-32(24(35)17-19(3)4)13-9-12-23(34)29-22/h6-8,10-11,18-20,22H,9,12-17H2,1-5H3,(H,28,36)(H,29,34)/t20-,22-/m1/s1. The van der Waals surface area contributed by atoms with Crippen molar-refractivity contribution in [3.8, 4) is 11.4 Å². The Hall–Kier alpha value is -3.23. The zero-order chi connectivity index (χ0) is 26.2. The van der Waals surface area contributed by atoms with Crippen LogP contribution in [-0.4, -0.2) is 56.5 Å². The molecule has 1 aliphatic heterocycles. The van der Waals surface area contributed by atoms with E-state index in [2.05, 4.69) is 10.6 Å². The van der Waals surface area contributed by atoms with Gasteiger partial charge >= 0.3 is 0 Å². The van der Waals surface area contributed by atoms with Crippen molar-refractivity contribution in [3.63, 3.8) is 0 Å². The third kappa shape index (κ3) is 7.63. The van der Waals surface area contributed by atoms with Gasteiger partial charge in [-0.1, -0.05) is 58.0 Å². The smallest absolute Gasteiger partial charge is 0.243 e. The quantitative estimate of drug-likeness (QED) is 0.660. The van der Waals surface area contributed by atoms with Gasteiger partial charge in [0.25, 0.3) is 0 Å². The van der Waals surface area contributed by atoms with Crippen molar-refractivity contribution in [1.29, 1.82) is 0 Å². The molecule has 1 aromatic heterocycles. The second-order valence-corrected chi connectivity index (χ2v) is 10.4. The highest BCUT2D eigenvalue weighted by atomic mass is 16.2. The summed E-state index contributed by atoms with van der Waals surface area (Å²) in [6, 6.07) is 8.63. The fourth-order valence-electron chi connectivity index (χ4n) is 4.38. The van der Waals surface area contributed by atoms with Crippen molar-refractivity contribution in [3.05, 3.63) is 36.2 Å². The van der Waals surface area contributed by atoms with Gasteiger partial charge in [0.1, 0.15) is 11.9 Å². The van der Waals surface area contributed by atoms with Gasteiger partial charge in [0.15, 0.2) is 5.82 Å². The Bertz CT molecular complexity index is 1030. The molecule has 0 saturated carbocycles. The molecular formula is C27H40N6O3. The molecule has 0 saturated heterocycles. The number of amides is 3. The van der Waals surface area contributed by atoms with Crippen molar-refractivity contribution < 1.29 is 14.4 Å². The molecule has 3 rings (SSSR count). The van der Waals surface area contributed by atoms with E-state index in [1.165, 1.54) is 0 Å². The minimum Gasteiger partial charge on any atom is -0.345 e. The maximum Gasteiger partial charge on any atom is 0.243 e. The van der Waals surface area contributed by atoms with Crippen molar-refractivity contribution in [2.24, 2.45) is 11.8 Å². The molecule has 196 valence electrons. The first-order valence-electron chi connectivity index (χ1n) is 13.0. The summed E-state index contributed by atoms with van der Waals surface area (Å²) in [5.74, 6) is 1.33. The van der Waals surface area contributed by atoms with Gasteiger partial charge in [0.2, 0.25) is 17.7 Å². The number of hydrogen-bond donors (Lipinski definition) is 2. The summed E-state index contributed by atoms with van der Waals surface area (Å²) in [6.07, 6.45) is 1.77. The van der Waals surface area contributed by atoms with Gasteiger partial charge in [-0.05, 0) is 31.6 Å². The van der Waals surface area contributed by atoms with E-state index in [1.54, 1.807) is 4.68 Å². The Morgan fingerprint density at radius 2 is 1.75 bits per heavy atom. The number of nitrogens with one attached hydrogen (secondary N) is 2. The Kier molecular flexibility index (Phi) is 9.61. The molecule has 2 heterocycles. The van der Waals surface area contributed by atoms with Gasteiger partial charge in [-0.3, -0.25) is 14.4 Å². The number of hydrogen-bond acceptors (Lipinski definition) is 5. The molecule has 9 nitrogen and oxygen atoms in total. The van der Waals surface area contributed by atoms with E-state index < -0.39 is 12.1 Å². The number of carbonyl (C=O) groups excluding carboxylic acids is 3. The van der Waals surface area contributed by atoms with Crippen LogP contribution in [0.5, 0.6) is 0 Å². The fourth-order valence-corrected chi connectivity index (χ4v) is 4.38. The van der Waals surface area contributed by atoms with E-state index in [4.69, 9.17) is 10.1 Å². The van der Waals surface area contributed by atoms with Gasteiger partial charge in [-0.2, -0.15) is 5.10 Å². The number of aromatic nitrogens is 3. The van der Waals surface area contributed by atoms with Crippen LogP contribution in [0, 0.1) is 11.8 Å². The van der Waals surface area contributed by atoms with Gasteiger partial charge in [-0.15, -0.1) is 0 Å². The third-order valence-corrected chi connectivity index (χ3v) is 6.19. The topological polar surface area (TPSA) is 109 Å². The predicted octanol–water partition coefficient (Wildman–Crippen LogP) is 3.32. The van der Waals surface area contributed by atoms with Crippen LogP contribution >= 0.6 is 0 Å². The lowest BCUT2D eigenvalue weighted by Gasteiger charge is -2.26. The number of rotatable bonds is 5. The average molecular weight is 497 g/mol. The van der Waals surface area contributed by atoms with Crippen LogP contribution in [0.25, 0.3) is 11.4 Å². The molecule has 1 aliphatic rings. The van der Waals surface area contributed by atoms with Crippen LogP contribution in [0.1, 0.15) is 72.2 Å². The maximum absolute atomic E-state index is 13.2. The van der Waals surface area contributed by atoms with Crippen LogP contribution < -0.4 is 10.6 Å². The molecule has 36 heavy (non-hydrogen) atoms. The largest absolute Gasteiger partial charge is 0.345 e. The fraction of sp³-hybridized carbons (Fsp3) is 0.593. The first-order chi connectivity index (χ1) is 17.1. The number of carbonyl (C=O) groups is 3. The molecule has 1 aromatic carbocycles. The summed E-state index contributed by atoms with van der Waals surface area (Å²) >= 11 is 0. The number of benzene rings is 1. The summed E-state index contributed by atoms with van der Waals surface area (Å²) in [6.45, 7) is 11.3. The summed E-state index contributed by atoms with van der Waals surface area (Å²) in [5.41, 5.74) is 0.881. The zero-order valence-corrected chi connectivity index (χ0v) is 22.2. The minimum absolute atomic E-state index is 0.0708. The van der Waals surface area contributed by atoms with Crippen molar-refractivity contribution >= 4 is 17.7 Å². The van der Waals surface area contributed by atoms with Crippen LogP contribution in [0.3, 0.4) is 0 Å². The Balaban J connectivity index is 1.95. The lowest BCUT2D eigenvalue weighted by Crippen LogP contribution is -2.48. The van der Waals surface area contributed by atoms with E-state index in [9.17, 15) is 14.4 Å². The van der Waals surface area contributed by atoms with Crippen molar-refractivity contribution in [2.75, 3.05) is 13.1 Å². The van der Waals surface area contributed by atoms with Gasteiger partial charge in [0.05, 0.1) is 12.6 Å². The normalized spacial score (nSPS) is 20.0. The van der Waals surface area contributed by atoms with Crippen LogP contribution in [0.4, 0.5) is 0 Å². The third-order valence-electron chi connectivity index (χ3n) is 6.19. The minimum atomic E-state index is -0.633. The number of nitrogens with zero attached hydrogens (tertiary/aromatic N) is 4. The van der Waals surface area contributed by atoms with Crippen LogP contribution in [-0.2, 0) is 20.9 Å². The average Bonchev–Trinajstić information content (AvgIpc) is 3.24. The lowest BCUT2D eigenvalue weighted by molar-refractivity contribution is -0.133. The molecule has 0 aliphatic carbocycles. The SMILES string of the molecule is CC(C)CC(=O)N1CCCC(=O)N[C@H](CC(C)C)C(=O)N[C@H](C)c2nc(-c3ccccc3)nn2CC1. The lowest BCUT2D eigenvalue weighted by atomic mass is 10.0. The molecule has 2 N–H and O–H groups in total. The Labute approximate surface area is 214 Å². The molecule has 9 heteroatoms. The Morgan fingerprint density at radius 3 is 2.42 bits per heavy atom. The summed E-state index contributed by atoms with van der Waals surface area (Å²) in [7, 11) is 0. The first kappa shape index (κ1) is 27.4. The summed E-state index contributed by atoms with van der Waals surface area (Å²) in [4.78, 5) is 45.4. The van der Waals surface area contributed by atoms with Gasteiger partial charge in [0, 0.05) is 31.5 Å². The molecule has 3 amide bonds. The Morgan fingerprint density at radius 1 is 1.03 bits per heavy atom. The van der Waals surface area contributed by atoms with E-state index in [0.29, 0.717) is 50.5 Å². The van der Waals surface area contributed by atoms with Crippen LogP contribution in [0.15, 0.2) is 30.3 Å². The predicted molar refractivity (Wildman–Crippen MR) is 139 cm³/mol. The number of fused-ring (bicyclic) bond motifs is 1. The van der Waals surface area contributed by atoms with Crippen molar-refractivity contribution in [2.45, 2.75) is 78.9 Å². The molecule has 0 radical (unpaired) electrons. The zero-order valence-electron chi connectivity index (χ0n) is 22.2. The molecule has 0 bridgehead atoms. The van der Waals surface area contributed by atoms with E-state index in [1.807, 2.05) is 69.9 Å². The monoisotopic (exact) mass is 496 g/mol. The highest BCUT2D eigenvalue weighted by molar-refractivity contribution is 5.87. The van der Waals surface area contributed by atoms with E-state index >= 15 is 0 Å². The highest BCUT2D eigenvalue weighted by Gasteiger charge is 2.27. The molecule has 2 aromatic rings. The highest BCUT2D eigenvalue weighted by Crippen LogP contribution is 2.20. The van der Waals surface area contributed by atoms with Gasteiger partial charge < -0.3 is 15.5 Å². The summed E-state index contributed by atoms with van der Waals surface area (Å²) in [5, 5.41) is 10.7. The van der Waals surface area contributed by atoms with E-state index in [-0.39, 0.29) is 36.0 Å². The molecule has 0 unspecified atom stereocenters. The van der Waals surface area contributed by atoms with Crippen molar-refractivity contribution in [1.82, 2.24) is 30.3 Å². The molecule has 0 fully saturated rings. The van der Waals surface area contributed by atoms with Gasteiger partial charge in [-0.25, -0.2) is 9.67 Å². The molecular weight excluding hydrogens is 456 g/mol. The second kappa shape index (κ2) is 12.6. The summed E-state index contributed by atoms with van der Waals surface area (Å²) < 4.78 is 1.80. The maximum atomic E-state index is 13.2. The first-order valence-corrected chi connectivity index (χ1v) is 13.0. The second-order valence-electron chi connectivity index (χ2n) is 10.4. The van der Waals surface area contributed by atoms with E-state index in [0.717, 1.165) is 5.56 Å². The molecule has 0 spiro atoms. The molecule has 2 atom stereocenters. The van der Waals surface area contributed by atoms with Crippen LogP contribution in [0.2, 0.25) is 0 Å².